The van der Waals surface area contributed by atoms with E-state index in [0.29, 0.717) is 17.3 Å². The van der Waals surface area contributed by atoms with Crippen molar-refractivity contribution in [2.45, 2.75) is 39.2 Å². The number of carbonyl (C=O) groups is 2. The zero-order valence-corrected chi connectivity index (χ0v) is 17.0. The smallest absolute Gasteiger partial charge is 0.408 e. The molecule has 0 bridgehead atoms. The van der Waals surface area contributed by atoms with Crippen LogP contribution < -0.4 is 5.30 Å². The Labute approximate surface area is 158 Å². The molecule has 1 unspecified atom stereocenters. The lowest BCUT2D eigenvalue weighted by atomic mass is 9.78. The maximum atomic E-state index is 13.2. The Morgan fingerprint density at radius 2 is 1.85 bits per heavy atom. The first-order chi connectivity index (χ1) is 12.8. The molecule has 0 saturated heterocycles. The van der Waals surface area contributed by atoms with Crippen LogP contribution in [-0.2, 0) is 35.1 Å². The van der Waals surface area contributed by atoms with E-state index in [1.165, 1.54) is 7.11 Å². The van der Waals surface area contributed by atoms with Gasteiger partial charge in [-0.15, -0.1) is 0 Å². The zero-order valence-electron chi connectivity index (χ0n) is 16.1. The van der Waals surface area contributed by atoms with Crippen molar-refractivity contribution < 1.29 is 33.0 Å². The van der Waals surface area contributed by atoms with E-state index in [0.717, 1.165) is 10.5 Å². The maximum absolute atomic E-state index is 13.2. The third-order valence-electron chi connectivity index (χ3n) is 4.78. The van der Waals surface area contributed by atoms with Gasteiger partial charge in [0.15, 0.2) is 5.54 Å². The average molecular weight is 399 g/mol. The van der Waals surface area contributed by atoms with Gasteiger partial charge in [0, 0.05) is 6.54 Å². The number of hydrogen-bond acceptors (Lipinski definition) is 6. The van der Waals surface area contributed by atoms with Crippen molar-refractivity contribution in [3.05, 3.63) is 29.3 Å². The van der Waals surface area contributed by atoms with Gasteiger partial charge in [0.05, 0.1) is 25.6 Å². The van der Waals surface area contributed by atoms with E-state index in [1.54, 1.807) is 39.0 Å². The van der Waals surface area contributed by atoms with Crippen LogP contribution in [0.2, 0.25) is 0 Å². The zero-order chi connectivity index (χ0) is 20.2. The van der Waals surface area contributed by atoms with Crippen LogP contribution >= 0.6 is 7.60 Å². The summed E-state index contributed by atoms with van der Waals surface area (Å²) in [4.78, 5) is 25.7. The van der Waals surface area contributed by atoms with Gasteiger partial charge in [-0.3, -0.25) is 9.46 Å². The standard InChI is InChI=1S/C18H26NO7P/c1-5-18(16(20)24-4)15-12-14(27(23,25-6-2)26-7-3)9-8-13(15)10-11-19(18)17(21)22/h8-9,12H,5-7,10-11H2,1-4H3,(H,21,22). The van der Waals surface area contributed by atoms with Crippen LogP contribution in [0.5, 0.6) is 0 Å². The largest absolute Gasteiger partial charge is 0.467 e. The molecule has 0 aliphatic carbocycles. The molecule has 1 aromatic carbocycles. The van der Waals surface area contributed by atoms with E-state index in [9.17, 15) is 19.3 Å². The molecule has 1 atom stereocenters. The Morgan fingerprint density at radius 1 is 1.22 bits per heavy atom. The van der Waals surface area contributed by atoms with Gasteiger partial charge in [-0.2, -0.15) is 0 Å². The average Bonchev–Trinajstić information content (AvgIpc) is 2.66. The molecule has 0 fully saturated rings. The number of esters is 1. The Bertz CT molecular complexity index is 756. The molecule has 27 heavy (non-hydrogen) atoms. The Balaban J connectivity index is 2.72. The fourth-order valence-electron chi connectivity index (χ4n) is 3.61. The third-order valence-corrected chi connectivity index (χ3v) is 6.89. The molecule has 0 spiro atoms. The maximum Gasteiger partial charge on any atom is 0.408 e. The summed E-state index contributed by atoms with van der Waals surface area (Å²) >= 11 is 0. The van der Waals surface area contributed by atoms with Crippen LogP contribution in [0.15, 0.2) is 18.2 Å². The van der Waals surface area contributed by atoms with Gasteiger partial charge in [0.25, 0.3) is 0 Å². The summed E-state index contributed by atoms with van der Waals surface area (Å²) in [6, 6.07) is 4.97. The van der Waals surface area contributed by atoms with E-state index in [1.807, 2.05) is 0 Å². The van der Waals surface area contributed by atoms with Gasteiger partial charge in [-0.1, -0.05) is 13.0 Å². The first kappa shape index (κ1) is 21.4. The monoisotopic (exact) mass is 399 g/mol. The Kier molecular flexibility index (Phi) is 6.68. The van der Waals surface area contributed by atoms with Gasteiger partial charge in [-0.25, -0.2) is 9.59 Å². The lowest BCUT2D eigenvalue weighted by Crippen LogP contribution is -2.58. The summed E-state index contributed by atoms with van der Waals surface area (Å²) in [5, 5.41) is 9.98. The van der Waals surface area contributed by atoms with Crippen LogP contribution in [0, 0.1) is 0 Å². The molecule has 8 nitrogen and oxygen atoms in total. The number of carbonyl (C=O) groups excluding carboxylic acids is 1. The molecule has 2 rings (SSSR count). The summed E-state index contributed by atoms with van der Waals surface area (Å²) < 4.78 is 28.9. The number of rotatable bonds is 7. The number of methoxy groups -OCH3 is 1. The molecule has 1 amide bonds. The van der Waals surface area contributed by atoms with Crippen LogP contribution in [-0.4, -0.2) is 48.9 Å². The summed E-state index contributed by atoms with van der Waals surface area (Å²) in [7, 11) is -2.36. The molecule has 0 radical (unpaired) electrons. The second-order valence-corrected chi connectivity index (χ2v) is 8.09. The highest BCUT2D eigenvalue weighted by Gasteiger charge is 2.51. The number of fused-ring (bicyclic) bond motifs is 1. The minimum absolute atomic E-state index is 0.166. The minimum Gasteiger partial charge on any atom is -0.467 e. The molecule has 1 aromatic rings. The van der Waals surface area contributed by atoms with Gasteiger partial charge in [0.2, 0.25) is 0 Å². The lowest BCUT2D eigenvalue weighted by Gasteiger charge is -2.44. The van der Waals surface area contributed by atoms with Crippen molar-refractivity contribution in [2.24, 2.45) is 0 Å². The van der Waals surface area contributed by atoms with Crippen LogP contribution in [0.25, 0.3) is 0 Å². The summed E-state index contributed by atoms with van der Waals surface area (Å²) in [5.41, 5.74) is -0.237. The summed E-state index contributed by atoms with van der Waals surface area (Å²) in [6.45, 7) is 5.68. The van der Waals surface area contributed by atoms with Crippen molar-refractivity contribution in [3.63, 3.8) is 0 Å². The topological polar surface area (TPSA) is 102 Å². The number of nitrogens with zero attached hydrogens (tertiary/aromatic N) is 1. The van der Waals surface area contributed by atoms with Crippen molar-refractivity contribution in [1.29, 1.82) is 0 Å². The number of hydrogen-bond donors (Lipinski definition) is 1. The molecule has 1 aliphatic heterocycles. The molecule has 1 N–H and O–H groups in total. The normalized spacial score (nSPS) is 19.5. The fourth-order valence-corrected chi connectivity index (χ4v) is 5.20. The molecule has 150 valence electrons. The molecule has 9 heteroatoms. The Morgan fingerprint density at radius 3 is 2.33 bits per heavy atom. The van der Waals surface area contributed by atoms with Crippen molar-refractivity contribution >= 4 is 25.0 Å². The fraction of sp³-hybridized carbons (Fsp3) is 0.556. The molecule has 0 aromatic heterocycles. The van der Waals surface area contributed by atoms with Gasteiger partial charge in [-0.05, 0) is 49.9 Å². The van der Waals surface area contributed by atoms with E-state index < -0.39 is 25.2 Å². The molecule has 1 aliphatic rings. The number of ether oxygens (including phenoxy) is 1. The molecular weight excluding hydrogens is 373 g/mol. The highest BCUT2D eigenvalue weighted by Crippen LogP contribution is 2.48. The van der Waals surface area contributed by atoms with Gasteiger partial charge in [0.1, 0.15) is 0 Å². The predicted molar refractivity (Wildman–Crippen MR) is 99.4 cm³/mol. The van der Waals surface area contributed by atoms with Crippen LogP contribution in [0.3, 0.4) is 0 Å². The predicted octanol–water partition coefficient (Wildman–Crippen LogP) is 2.89. The number of benzene rings is 1. The second-order valence-electron chi connectivity index (χ2n) is 6.06. The first-order valence-corrected chi connectivity index (χ1v) is 10.5. The second kappa shape index (κ2) is 8.42. The molecule has 0 saturated carbocycles. The van der Waals surface area contributed by atoms with Crippen LogP contribution in [0.4, 0.5) is 4.79 Å². The van der Waals surface area contributed by atoms with E-state index in [4.69, 9.17) is 13.8 Å². The number of carboxylic acid groups (broad SMARTS) is 1. The quantitative estimate of drug-likeness (QED) is 0.555. The van der Waals surface area contributed by atoms with Crippen molar-refractivity contribution in [2.75, 3.05) is 26.9 Å². The van der Waals surface area contributed by atoms with Gasteiger partial charge >= 0.3 is 19.7 Å². The van der Waals surface area contributed by atoms with Crippen molar-refractivity contribution in [1.82, 2.24) is 4.90 Å². The minimum atomic E-state index is -3.59. The first-order valence-electron chi connectivity index (χ1n) is 8.92. The van der Waals surface area contributed by atoms with Crippen LogP contribution in [0.1, 0.15) is 38.3 Å². The van der Waals surface area contributed by atoms with Gasteiger partial charge < -0.3 is 18.9 Å². The van der Waals surface area contributed by atoms with Crippen molar-refractivity contribution in [3.8, 4) is 0 Å². The summed E-state index contributed by atoms with van der Waals surface area (Å²) in [5.74, 6) is -0.673. The summed E-state index contributed by atoms with van der Waals surface area (Å²) in [6.07, 6.45) is -0.597. The molecule has 1 heterocycles. The molecular formula is C18H26NO7P. The van der Waals surface area contributed by atoms with E-state index in [-0.39, 0.29) is 26.2 Å². The highest BCUT2D eigenvalue weighted by molar-refractivity contribution is 7.62. The van der Waals surface area contributed by atoms with E-state index in [2.05, 4.69) is 0 Å². The SMILES string of the molecule is CCOP(=O)(OCC)c1ccc2c(c1)C(CC)(C(=O)OC)N(C(=O)O)CC2. The third kappa shape index (κ3) is 3.61. The lowest BCUT2D eigenvalue weighted by molar-refractivity contribution is -0.156. The number of amides is 1. The van der Waals surface area contributed by atoms with E-state index >= 15 is 0 Å². The highest BCUT2D eigenvalue weighted by atomic mass is 31.2. The Hall–Kier alpha value is -1.89.